The third-order valence-corrected chi connectivity index (χ3v) is 3.07. The minimum Gasteiger partial charge on any atom is -0.511 e. The molecule has 0 fully saturated rings. The Bertz CT molecular complexity index is 616. The van der Waals surface area contributed by atoms with Crippen LogP contribution in [0.1, 0.15) is 16.8 Å². The van der Waals surface area contributed by atoms with Crippen LogP contribution in [0.2, 0.25) is 0 Å². The van der Waals surface area contributed by atoms with E-state index < -0.39 is 17.3 Å². The maximum atomic E-state index is 12.2. The molecule has 0 spiro atoms. The molecule has 0 aliphatic heterocycles. The highest BCUT2D eigenvalue weighted by Crippen LogP contribution is 2.31. The van der Waals surface area contributed by atoms with Crippen LogP contribution >= 0.6 is 0 Å². The van der Waals surface area contributed by atoms with Crippen molar-refractivity contribution in [3.8, 4) is 11.5 Å². The lowest BCUT2D eigenvalue weighted by Gasteiger charge is -2.26. The van der Waals surface area contributed by atoms with Gasteiger partial charge in [-0.05, 0) is 24.3 Å². The van der Waals surface area contributed by atoms with Gasteiger partial charge in [-0.1, -0.05) is 0 Å². The van der Waals surface area contributed by atoms with Gasteiger partial charge in [-0.25, -0.2) is 0 Å². The number of phenolic OH excluding ortho intramolecular Hbond substituents is 2. The van der Waals surface area contributed by atoms with Crippen molar-refractivity contribution in [2.24, 2.45) is 0 Å². The molecule has 0 radical (unpaired) electrons. The lowest BCUT2D eigenvalue weighted by molar-refractivity contribution is -0.149. The largest absolute Gasteiger partial charge is 0.511 e. The van der Waals surface area contributed by atoms with Crippen LogP contribution in [0, 0.1) is 0 Å². The van der Waals surface area contributed by atoms with E-state index in [0.717, 1.165) is 6.07 Å². The van der Waals surface area contributed by atoms with Crippen LogP contribution < -0.4 is 0 Å². The first-order valence-electron chi connectivity index (χ1n) is 5.82. The summed E-state index contributed by atoms with van der Waals surface area (Å²) < 4.78 is 4.80. The van der Waals surface area contributed by atoms with E-state index in [2.05, 4.69) is 0 Å². The molecular weight excluding hydrogens is 264 g/mol. The standard InChI is InChI=1S/C14H14O6/c1-20-14(19)5-4-10(12(17)7-14)13(18)9-3-2-8(15)6-11(9)16/h2-6,15-17,19H,7H2,1H3. The minimum absolute atomic E-state index is 0.0484. The molecule has 0 saturated heterocycles. The van der Waals surface area contributed by atoms with Crippen LogP contribution in [0.15, 0.2) is 41.7 Å². The summed E-state index contributed by atoms with van der Waals surface area (Å²) in [6, 6.07) is 3.53. The molecule has 0 heterocycles. The highest BCUT2D eigenvalue weighted by atomic mass is 16.6. The lowest BCUT2D eigenvalue weighted by atomic mass is 9.93. The number of hydrogen-bond donors (Lipinski definition) is 4. The summed E-state index contributed by atoms with van der Waals surface area (Å²) in [7, 11) is 1.27. The normalized spacial score (nSPS) is 22.1. The zero-order valence-electron chi connectivity index (χ0n) is 10.7. The summed E-state index contributed by atoms with van der Waals surface area (Å²) in [5.74, 6) is -3.17. The van der Waals surface area contributed by atoms with Gasteiger partial charge in [0.1, 0.15) is 17.3 Å². The molecule has 0 amide bonds. The van der Waals surface area contributed by atoms with Gasteiger partial charge in [0.05, 0.1) is 17.6 Å². The number of aromatic hydroxyl groups is 2. The van der Waals surface area contributed by atoms with Crippen LogP contribution in [0.3, 0.4) is 0 Å². The number of ketones is 1. The first-order valence-corrected chi connectivity index (χ1v) is 5.82. The molecule has 1 aromatic rings. The van der Waals surface area contributed by atoms with Crippen molar-refractivity contribution in [3.05, 3.63) is 47.2 Å². The van der Waals surface area contributed by atoms with Crippen molar-refractivity contribution in [2.75, 3.05) is 7.11 Å². The van der Waals surface area contributed by atoms with Gasteiger partial charge in [-0.15, -0.1) is 0 Å². The van der Waals surface area contributed by atoms with Crippen molar-refractivity contribution >= 4 is 5.78 Å². The molecule has 1 unspecified atom stereocenters. The predicted octanol–water partition coefficient (Wildman–Crippen LogP) is 1.39. The van der Waals surface area contributed by atoms with E-state index in [1.807, 2.05) is 0 Å². The molecule has 106 valence electrons. The van der Waals surface area contributed by atoms with Crippen molar-refractivity contribution in [3.63, 3.8) is 0 Å². The van der Waals surface area contributed by atoms with Gasteiger partial charge in [-0.2, -0.15) is 0 Å². The molecule has 1 aromatic carbocycles. The fraction of sp³-hybridized carbons (Fsp3) is 0.214. The number of aliphatic hydroxyl groups excluding tert-OH is 1. The Hall–Kier alpha value is -2.31. The molecule has 1 atom stereocenters. The number of methoxy groups -OCH3 is 1. The van der Waals surface area contributed by atoms with Gasteiger partial charge in [0.25, 0.3) is 0 Å². The third-order valence-electron chi connectivity index (χ3n) is 3.07. The molecule has 6 nitrogen and oxygen atoms in total. The third kappa shape index (κ3) is 2.52. The van der Waals surface area contributed by atoms with E-state index in [0.29, 0.717) is 0 Å². The first-order chi connectivity index (χ1) is 9.36. The molecule has 6 heteroatoms. The minimum atomic E-state index is -1.65. The topological polar surface area (TPSA) is 107 Å². The monoisotopic (exact) mass is 278 g/mol. The second-order valence-electron chi connectivity index (χ2n) is 4.45. The number of hydrogen-bond acceptors (Lipinski definition) is 6. The van der Waals surface area contributed by atoms with Gasteiger partial charge in [-0.3, -0.25) is 4.79 Å². The highest BCUT2D eigenvalue weighted by Gasteiger charge is 2.32. The summed E-state index contributed by atoms with van der Waals surface area (Å²) in [5.41, 5.74) is -0.107. The molecule has 0 saturated carbocycles. The Balaban J connectivity index is 2.35. The number of carbonyl (C=O) groups excluding carboxylic acids is 1. The second kappa shape index (κ2) is 4.99. The smallest absolute Gasteiger partial charge is 0.200 e. The molecule has 1 aliphatic rings. The SMILES string of the molecule is COC1(O)C=CC(C(=O)c2ccc(O)cc2O)=C(O)C1. The molecule has 2 rings (SSSR count). The Labute approximate surface area is 114 Å². The van der Waals surface area contributed by atoms with E-state index in [9.17, 15) is 25.2 Å². The Kier molecular flexibility index (Phi) is 3.52. The number of Topliss-reactive ketones (excluding diaryl/α,β-unsaturated/α-hetero) is 1. The van der Waals surface area contributed by atoms with E-state index in [4.69, 9.17) is 4.74 Å². The highest BCUT2D eigenvalue weighted by molar-refractivity contribution is 6.12. The molecule has 0 aromatic heterocycles. The van der Waals surface area contributed by atoms with Gasteiger partial charge in [0.15, 0.2) is 11.6 Å². The summed E-state index contributed by atoms with van der Waals surface area (Å²) in [6.45, 7) is 0. The van der Waals surface area contributed by atoms with Crippen LogP contribution in [0.4, 0.5) is 0 Å². The average molecular weight is 278 g/mol. The Morgan fingerprint density at radius 1 is 1.30 bits per heavy atom. The molecular formula is C14H14O6. The van der Waals surface area contributed by atoms with Gasteiger partial charge >= 0.3 is 0 Å². The first kappa shape index (κ1) is 14.1. The van der Waals surface area contributed by atoms with Crippen molar-refractivity contribution in [1.82, 2.24) is 0 Å². The van der Waals surface area contributed by atoms with Gasteiger partial charge in [0, 0.05) is 13.2 Å². The second-order valence-corrected chi connectivity index (χ2v) is 4.45. The van der Waals surface area contributed by atoms with Crippen LogP contribution in [0.5, 0.6) is 11.5 Å². The molecule has 4 N–H and O–H groups in total. The van der Waals surface area contributed by atoms with Crippen LogP contribution in [-0.2, 0) is 4.74 Å². The van der Waals surface area contributed by atoms with E-state index >= 15 is 0 Å². The number of rotatable bonds is 3. The summed E-state index contributed by atoms with van der Waals surface area (Å²) >= 11 is 0. The Morgan fingerprint density at radius 3 is 2.55 bits per heavy atom. The number of ether oxygens (including phenoxy) is 1. The quantitative estimate of drug-likeness (QED) is 0.491. The van der Waals surface area contributed by atoms with Crippen molar-refractivity contribution in [2.45, 2.75) is 12.2 Å². The Morgan fingerprint density at radius 2 is 2.00 bits per heavy atom. The maximum Gasteiger partial charge on any atom is 0.200 e. The number of aliphatic hydroxyl groups is 2. The molecule has 20 heavy (non-hydrogen) atoms. The number of allylic oxidation sites excluding steroid dienone is 2. The van der Waals surface area contributed by atoms with Gasteiger partial charge < -0.3 is 25.2 Å². The number of phenols is 2. The van der Waals surface area contributed by atoms with E-state index in [1.54, 1.807) is 0 Å². The predicted molar refractivity (Wildman–Crippen MR) is 69.5 cm³/mol. The molecule has 0 bridgehead atoms. The lowest BCUT2D eigenvalue weighted by Crippen LogP contribution is -2.32. The average Bonchev–Trinajstić information content (AvgIpc) is 2.38. The summed E-state index contributed by atoms with van der Waals surface area (Å²) in [5, 5.41) is 38.5. The molecule has 1 aliphatic carbocycles. The fourth-order valence-corrected chi connectivity index (χ4v) is 1.91. The summed E-state index contributed by atoms with van der Waals surface area (Å²) in [4.78, 5) is 12.2. The van der Waals surface area contributed by atoms with Crippen LogP contribution in [-0.4, -0.2) is 39.1 Å². The summed E-state index contributed by atoms with van der Waals surface area (Å²) in [6.07, 6.45) is 2.22. The zero-order valence-corrected chi connectivity index (χ0v) is 10.7. The van der Waals surface area contributed by atoms with Crippen molar-refractivity contribution in [1.29, 1.82) is 0 Å². The fourth-order valence-electron chi connectivity index (χ4n) is 1.91. The van der Waals surface area contributed by atoms with Crippen molar-refractivity contribution < 1.29 is 30.0 Å². The number of benzene rings is 1. The van der Waals surface area contributed by atoms with E-state index in [1.165, 1.54) is 31.4 Å². The zero-order chi connectivity index (χ0) is 14.9. The van der Waals surface area contributed by atoms with E-state index in [-0.39, 0.29) is 29.1 Å². The van der Waals surface area contributed by atoms with Crippen LogP contribution in [0.25, 0.3) is 0 Å². The maximum absolute atomic E-state index is 12.2. The number of carbonyl (C=O) groups is 1. The van der Waals surface area contributed by atoms with Gasteiger partial charge in [0.2, 0.25) is 0 Å².